The monoisotopic (exact) mass is 725 g/mol. The van der Waals surface area contributed by atoms with Crippen LogP contribution in [0.25, 0.3) is 4.65 Å². The van der Waals surface area contributed by atoms with Gasteiger partial charge in [-0.25, -0.2) is 0 Å². The second kappa shape index (κ2) is 17.1. The molecule has 0 aliphatic carbocycles. The van der Waals surface area contributed by atoms with E-state index in [2.05, 4.69) is 161 Å². The van der Waals surface area contributed by atoms with Crippen LogP contribution in [0.5, 0.6) is 0 Å². The van der Waals surface area contributed by atoms with Crippen molar-refractivity contribution in [1.82, 2.24) is 0 Å². The molecule has 1 aliphatic heterocycles. The number of benzene rings is 4. The summed E-state index contributed by atoms with van der Waals surface area (Å²) in [5.74, 6) is 0. The van der Waals surface area contributed by atoms with Gasteiger partial charge in [0.1, 0.15) is 6.15 Å². The summed E-state index contributed by atoms with van der Waals surface area (Å²) in [6.45, 7) is 15.8. The minimum Gasteiger partial charge on any atom is -0.668 e. The van der Waals surface area contributed by atoms with Gasteiger partial charge in [-0.2, -0.15) is 21.9 Å². The van der Waals surface area contributed by atoms with Gasteiger partial charge in [-0.15, -0.1) is 0 Å². The van der Waals surface area contributed by atoms with Crippen molar-refractivity contribution in [2.24, 2.45) is 0 Å². The van der Waals surface area contributed by atoms with E-state index in [1.807, 2.05) is 0 Å². The third-order valence-corrected chi connectivity index (χ3v) is 12.1. The minimum atomic E-state index is -1.22. The third kappa shape index (κ3) is 10.9. The van der Waals surface area contributed by atoms with Gasteiger partial charge in [0, 0.05) is 13.2 Å². The molecule has 0 atom stereocenters. The minimum absolute atomic E-state index is 0. The molecule has 4 aromatic rings. The predicted molar refractivity (Wildman–Crippen MR) is 180 cm³/mol. The van der Waals surface area contributed by atoms with Gasteiger partial charge >= 0.3 is 46.9 Å². The third-order valence-electron chi connectivity index (χ3n) is 6.70. The first-order valence-corrected chi connectivity index (χ1v) is 21.2. The molecule has 0 unspecified atom stereocenters. The molecule has 40 heavy (non-hydrogen) atoms. The Hall–Kier alpha value is -1.18. The number of nitrogens with zero attached hydrogens (tertiary/aromatic N) is 1. The van der Waals surface area contributed by atoms with Crippen LogP contribution in [0, 0.1) is 46.9 Å². The van der Waals surface area contributed by atoms with Gasteiger partial charge in [0.2, 0.25) is 0 Å². The Balaban J connectivity index is 0.000000310. The van der Waals surface area contributed by atoms with Crippen molar-refractivity contribution in [3.63, 3.8) is 0 Å². The van der Waals surface area contributed by atoms with Crippen molar-refractivity contribution in [2.75, 3.05) is 13.2 Å². The molecule has 0 aromatic heterocycles. The fourth-order valence-electron chi connectivity index (χ4n) is 5.64. The summed E-state index contributed by atoms with van der Waals surface area (Å²) in [4.78, 5) is 0. The molecule has 5 rings (SSSR count). The second-order valence-electron chi connectivity index (χ2n) is 12.3. The van der Waals surface area contributed by atoms with Crippen LogP contribution >= 0.6 is 0 Å². The molecule has 0 saturated carbocycles. The van der Waals surface area contributed by atoms with Gasteiger partial charge in [0.25, 0.3) is 0 Å². The van der Waals surface area contributed by atoms with Crippen LogP contribution in [0.3, 0.4) is 0 Å². The van der Waals surface area contributed by atoms with E-state index in [1.54, 1.807) is 0 Å². The van der Waals surface area contributed by atoms with Gasteiger partial charge < -0.3 is 9.38 Å². The van der Waals surface area contributed by atoms with Crippen LogP contribution < -0.4 is 21.9 Å². The Morgan fingerprint density at radius 3 is 0.875 bits per heavy atom. The molecule has 1 heterocycles. The molecule has 1 aliphatic rings. The summed E-state index contributed by atoms with van der Waals surface area (Å²) in [7, 11) is -2.21. The zero-order valence-corrected chi connectivity index (χ0v) is 28.8. The molecule has 218 valence electrons. The Bertz CT molecular complexity index is 1030. The summed E-state index contributed by atoms with van der Waals surface area (Å²) in [6, 6.07) is 43.5. The summed E-state index contributed by atoms with van der Waals surface area (Å²) in [5.41, 5.74) is 5.36. The fraction of sp³-hybridized carbons (Fsp3) is 0.294. The van der Waals surface area contributed by atoms with Gasteiger partial charge in [-0.1, -0.05) is 177 Å². The number of hydrogen-bond donors (Lipinski definition) is 0. The quantitative estimate of drug-likeness (QED) is 0.199. The van der Waals surface area contributed by atoms with E-state index in [1.165, 1.54) is 34.7 Å². The maximum atomic E-state index is 4.94. The molecule has 2 nitrogen and oxygen atoms in total. The maximum Gasteiger partial charge on any atom is 2.00 e. The van der Waals surface area contributed by atoms with Gasteiger partial charge in [-0.3, -0.25) is 0 Å². The van der Waals surface area contributed by atoms with Crippen LogP contribution in [0.1, 0.15) is 12.8 Å². The molecular weight excluding hydrogens is 678 g/mol. The van der Waals surface area contributed by atoms with Crippen molar-refractivity contribution < 1.29 is 51.7 Å². The molecule has 4 aromatic carbocycles. The van der Waals surface area contributed by atoms with Crippen LogP contribution in [0.2, 0.25) is 39.3 Å². The topological polar surface area (TPSA) is 23.3 Å². The molecule has 0 N–H and O–H groups in total. The summed E-state index contributed by atoms with van der Waals surface area (Å²) in [5, 5.41) is 0. The standard InChI is InChI=1S/C24H20B.C6H18NSi2.C4H8O.Yb/c1-5-13-21(14-6-1)25(22-15-7-2-8-16-22,23-17-9-3-10-18-23)24-19-11-4-12-20-24;1-8(2,3)7-9(4,5)6;1-2-4-5-3-1;/h1-20H;1-6H3;1-4H2;/q2*-1;;+2. The van der Waals surface area contributed by atoms with Crippen LogP contribution in [-0.2, 0) is 4.74 Å². The van der Waals surface area contributed by atoms with Crippen molar-refractivity contribution in [2.45, 2.75) is 52.1 Å². The zero-order valence-electron chi connectivity index (χ0n) is 25.1. The maximum absolute atomic E-state index is 4.94. The predicted octanol–water partition coefficient (Wildman–Crippen LogP) is 6.89. The average molecular weight is 725 g/mol. The van der Waals surface area contributed by atoms with E-state index in [-0.39, 0.29) is 46.9 Å². The summed E-state index contributed by atoms with van der Waals surface area (Å²) >= 11 is 0. The first-order chi connectivity index (χ1) is 18.6. The van der Waals surface area contributed by atoms with E-state index in [9.17, 15) is 0 Å². The van der Waals surface area contributed by atoms with Gasteiger partial charge in [0.15, 0.2) is 0 Å². The van der Waals surface area contributed by atoms with E-state index in [0.29, 0.717) is 0 Å². The molecule has 6 heteroatoms. The fourth-order valence-corrected chi connectivity index (χ4v) is 13.7. The number of ether oxygens (including phenoxy) is 1. The molecular formula is C34H46BNOSi2Yb. The molecule has 1 saturated heterocycles. The average Bonchev–Trinajstić information content (AvgIpc) is 3.51. The SMILES string of the molecule is C1CCOC1.C[Si](C)(C)[N-][Si](C)(C)C.[Yb+2].c1ccc([B-](c2ccccc2)(c2ccccc2)c2ccccc2)cc1. The number of rotatable bonds is 6. The summed E-state index contributed by atoms with van der Waals surface area (Å²) < 4.78 is 9.76. The van der Waals surface area contributed by atoms with E-state index in [0.717, 1.165) is 13.2 Å². The molecule has 0 amide bonds. The Morgan fingerprint density at radius 2 is 0.725 bits per heavy atom. The van der Waals surface area contributed by atoms with E-state index in [4.69, 9.17) is 9.38 Å². The van der Waals surface area contributed by atoms with Crippen molar-refractivity contribution in [3.05, 3.63) is 126 Å². The summed E-state index contributed by atoms with van der Waals surface area (Å²) in [6.07, 6.45) is 1.34. The zero-order chi connectivity index (χ0) is 28.2. The molecule has 0 spiro atoms. The van der Waals surface area contributed by atoms with Crippen molar-refractivity contribution >= 4 is 44.5 Å². The van der Waals surface area contributed by atoms with Crippen LogP contribution in [-0.4, -0.2) is 35.8 Å². The number of hydrogen-bond acceptors (Lipinski definition) is 1. The van der Waals surface area contributed by atoms with E-state index < -0.39 is 22.6 Å². The Labute approximate surface area is 284 Å². The Morgan fingerprint density at radius 1 is 0.475 bits per heavy atom. The van der Waals surface area contributed by atoms with Crippen molar-refractivity contribution in [3.8, 4) is 0 Å². The normalized spacial score (nSPS) is 13.2. The first kappa shape index (κ1) is 35.0. The largest absolute Gasteiger partial charge is 2.00 e. The Kier molecular flexibility index (Phi) is 14.9. The van der Waals surface area contributed by atoms with Crippen LogP contribution in [0.15, 0.2) is 121 Å². The van der Waals surface area contributed by atoms with Gasteiger partial charge in [0.05, 0.1) is 0 Å². The molecule has 1 fully saturated rings. The van der Waals surface area contributed by atoms with E-state index >= 15 is 0 Å². The second-order valence-corrected chi connectivity index (χ2v) is 21.9. The van der Waals surface area contributed by atoms with Gasteiger partial charge in [-0.05, 0) is 12.8 Å². The van der Waals surface area contributed by atoms with Crippen LogP contribution in [0.4, 0.5) is 0 Å². The molecule has 0 radical (unpaired) electrons. The first-order valence-electron chi connectivity index (χ1n) is 14.3. The molecule has 0 bridgehead atoms. The van der Waals surface area contributed by atoms with Crippen molar-refractivity contribution in [1.29, 1.82) is 0 Å². The smallest absolute Gasteiger partial charge is 0.668 e.